The first kappa shape index (κ1) is 13.0. The number of pyridine rings is 1. The molecule has 2 heterocycles. The maximum Gasteiger partial charge on any atom is 0.335 e. The number of hydrogen-bond donors (Lipinski definition) is 2. The van der Waals surface area contributed by atoms with Gasteiger partial charge in [0.15, 0.2) is 0 Å². The van der Waals surface area contributed by atoms with Crippen molar-refractivity contribution in [2.24, 2.45) is 0 Å². The number of carboxylic acids is 1. The van der Waals surface area contributed by atoms with E-state index in [2.05, 4.69) is 15.0 Å². The lowest BCUT2D eigenvalue weighted by Gasteiger charge is -2.03. The molecule has 21 heavy (non-hydrogen) atoms. The van der Waals surface area contributed by atoms with Gasteiger partial charge >= 0.3 is 5.97 Å². The molecule has 0 radical (unpaired) electrons. The second kappa shape index (κ2) is 5.16. The largest absolute Gasteiger partial charge is 0.478 e. The van der Waals surface area contributed by atoms with Crippen molar-refractivity contribution in [3.8, 4) is 0 Å². The highest BCUT2D eigenvalue weighted by Crippen LogP contribution is 2.11. The Morgan fingerprint density at radius 1 is 1.24 bits per heavy atom. The lowest BCUT2D eigenvalue weighted by atomic mass is 10.1. The van der Waals surface area contributed by atoms with Crippen molar-refractivity contribution in [1.82, 2.24) is 15.0 Å². The molecule has 0 aliphatic carbocycles. The van der Waals surface area contributed by atoms with E-state index >= 15 is 0 Å². The van der Waals surface area contributed by atoms with E-state index in [1.165, 1.54) is 18.2 Å². The fraction of sp³-hybridized carbons (Fsp3) is 0.0667. The van der Waals surface area contributed by atoms with Crippen molar-refractivity contribution in [3.05, 3.63) is 70.0 Å². The van der Waals surface area contributed by atoms with E-state index in [0.717, 1.165) is 5.69 Å². The zero-order chi connectivity index (χ0) is 14.8. The minimum Gasteiger partial charge on any atom is -0.478 e. The standard InChI is InChI=1S/C15H11N3O3/c19-14-11-7-9(15(20)21)4-5-12(11)17-13(18-14)8-10-3-1-2-6-16-10/h1-7H,8H2,(H,20,21)(H,17,18,19). The van der Waals surface area contributed by atoms with Gasteiger partial charge in [0.1, 0.15) is 5.82 Å². The molecule has 0 atom stereocenters. The molecule has 0 aliphatic rings. The van der Waals surface area contributed by atoms with E-state index in [9.17, 15) is 9.59 Å². The van der Waals surface area contributed by atoms with Gasteiger partial charge in [-0.1, -0.05) is 6.07 Å². The van der Waals surface area contributed by atoms with Crippen LogP contribution in [-0.4, -0.2) is 26.0 Å². The molecule has 0 bridgehead atoms. The topological polar surface area (TPSA) is 95.9 Å². The highest BCUT2D eigenvalue weighted by Gasteiger charge is 2.09. The third-order valence-electron chi connectivity index (χ3n) is 3.08. The van der Waals surface area contributed by atoms with E-state index in [1.54, 1.807) is 6.20 Å². The fourth-order valence-corrected chi connectivity index (χ4v) is 2.08. The van der Waals surface area contributed by atoms with Gasteiger partial charge in [-0.05, 0) is 30.3 Å². The van der Waals surface area contributed by atoms with Crippen molar-refractivity contribution >= 4 is 16.9 Å². The minimum absolute atomic E-state index is 0.0623. The maximum atomic E-state index is 12.1. The van der Waals surface area contributed by atoms with Gasteiger partial charge in [0.2, 0.25) is 0 Å². The number of aromatic nitrogens is 3. The van der Waals surface area contributed by atoms with Crippen LogP contribution in [0.1, 0.15) is 21.9 Å². The van der Waals surface area contributed by atoms with Crippen LogP contribution >= 0.6 is 0 Å². The Balaban J connectivity index is 2.06. The molecule has 3 rings (SSSR count). The maximum absolute atomic E-state index is 12.1. The van der Waals surface area contributed by atoms with Gasteiger partial charge in [-0.3, -0.25) is 9.78 Å². The molecule has 0 unspecified atom stereocenters. The van der Waals surface area contributed by atoms with Crippen LogP contribution in [0.2, 0.25) is 0 Å². The van der Waals surface area contributed by atoms with Gasteiger partial charge in [0, 0.05) is 18.3 Å². The minimum atomic E-state index is -1.08. The van der Waals surface area contributed by atoms with Crippen LogP contribution in [0.3, 0.4) is 0 Å². The summed E-state index contributed by atoms with van der Waals surface area (Å²) in [5, 5.41) is 9.21. The number of hydrogen-bond acceptors (Lipinski definition) is 4. The van der Waals surface area contributed by atoms with E-state index in [0.29, 0.717) is 17.8 Å². The second-order valence-electron chi connectivity index (χ2n) is 4.55. The summed E-state index contributed by atoms with van der Waals surface area (Å²) in [6.07, 6.45) is 2.08. The predicted molar refractivity (Wildman–Crippen MR) is 76.4 cm³/mol. The Bertz CT molecular complexity index is 872. The normalized spacial score (nSPS) is 10.7. The van der Waals surface area contributed by atoms with E-state index < -0.39 is 5.97 Å². The molecule has 0 saturated heterocycles. The van der Waals surface area contributed by atoms with Crippen LogP contribution in [0, 0.1) is 0 Å². The highest BCUT2D eigenvalue weighted by atomic mass is 16.4. The summed E-state index contributed by atoms with van der Waals surface area (Å²) >= 11 is 0. The molecule has 1 aromatic carbocycles. The molecular formula is C15H11N3O3. The number of H-pyrrole nitrogens is 1. The summed E-state index contributed by atoms with van der Waals surface area (Å²) in [6, 6.07) is 9.82. The zero-order valence-corrected chi connectivity index (χ0v) is 10.9. The number of carboxylic acid groups (broad SMARTS) is 1. The lowest BCUT2D eigenvalue weighted by molar-refractivity contribution is 0.0697. The van der Waals surface area contributed by atoms with Crippen LogP contribution < -0.4 is 5.56 Å². The smallest absolute Gasteiger partial charge is 0.335 e. The fourth-order valence-electron chi connectivity index (χ4n) is 2.08. The zero-order valence-electron chi connectivity index (χ0n) is 10.9. The Morgan fingerprint density at radius 2 is 2.10 bits per heavy atom. The summed E-state index contributed by atoms with van der Waals surface area (Å²) in [5.74, 6) is -0.580. The Hall–Kier alpha value is -3.02. The van der Waals surface area contributed by atoms with Gasteiger partial charge in [-0.2, -0.15) is 0 Å². The summed E-state index contributed by atoms with van der Waals surface area (Å²) in [6.45, 7) is 0. The van der Waals surface area contributed by atoms with Crippen LogP contribution in [0.4, 0.5) is 0 Å². The molecule has 0 saturated carbocycles. The molecule has 6 heteroatoms. The highest BCUT2D eigenvalue weighted by molar-refractivity contribution is 5.92. The van der Waals surface area contributed by atoms with Crippen molar-refractivity contribution in [1.29, 1.82) is 0 Å². The number of aromatic amines is 1. The van der Waals surface area contributed by atoms with Crippen LogP contribution in [0.15, 0.2) is 47.4 Å². The number of rotatable bonds is 3. The van der Waals surface area contributed by atoms with E-state index in [4.69, 9.17) is 5.11 Å². The quantitative estimate of drug-likeness (QED) is 0.760. The molecule has 104 valence electrons. The Labute approximate surface area is 119 Å². The summed E-state index contributed by atoms with van der Waals surface area (Å²) in [4.78, 5) is 34.2. The van der Waals surface area contributed by atoms with Crippen molar-refractivity contribution in [2.45, 2.75) is 6.42 Å². The summed E-state index contributed by atoms with van der Waals surface area (Å²) in [5.41, 5.74) is 0.971. The van der Waals surface area contributed by atoms with Gasteiger partial charge in [0.25, 0.3) is 5.56 Å². The Kier molecular flexibility index (Phi) is 3.19. The van der Waals surface area contributed by atoms with Gasteiger partial charge in [-0.25, -0.2) is 9.78 Å². The van der Waals surface area contributed by atoms with Gasteiger partial charge in [0.05, 0.1) is 16.5 Å². The van der Waals surface area contributed by atoms with E-state index in [-0.39, 0.29) is 16.5 Å². The number of carbonyl (C=O) groups is 1. The molecule has 2 N–H and O–H groups in total. The molecule has 0 fully saturated rings. The first-order chi connectivity index (χ1) is 10.1. The predicted octanol–water partition coefficient (Wildman–Crippen LogP) is 1.61. The van der Waals surface area contributed by atoms with Crippen LogP contribution in [0.25, 0.3) is 10.9 Å². The van der Waals surface area contributed by atoms with Gasteiger partial charge < -0.3 is 10.1 Å². The summed E-state index contributed by atoms with van der Waals surface area (Å²) in [7, 11) is 0. The third kappa shape index (κ3) is 2.64. The average Bonchev–Trinajstić information content (AvgIpc) is 2.48. The number of fused-ring (bicyclic) bond motifs is 1. The number of benzene rings is 1. The second-order valence-corrected chi connectivity index (χ2v) is 4.55. The van der Waals surface area contributed by atoms with E-state index in [1.807, 2.05) is 18.2 Å². The monoisotopic (exact) mass is 281 g/mol. The molecule has 3 aromatic rings. The first-order valence-corrected chi connectivity index (χ1v) is 6.29. The van der Waals surface area contributed by atoms with Crippen molar-refractivity contribution < 1.29 is 9.90 Å². The molecule has 6 nitrogen and oxygen atoms in total. The molecule has 2 aromatic heterocycles. The average molecular weight is 281 g/mol. The van der Waals surface area contributed by atoms with Crippen molar-refractivity contribution in [2.75, 3.05) is 0 Å². The Morgan fingerprint density at radius 3 is 2.81 bits per heavy atom. The van der Waals surface area contributed by atoms with Gasteiger partial charge in [-0.15, -0.1) is 0 Å². The SMILES string of the molecule is O=C(O)c1ccc2nc(Cc3ccccn3)[nH]c(=O)c2c1. The third-order valence-corrected chi connectivity index (χ3v) is 3.08. The van der Waals surface area contributed by atoms with Crippen LogP contribution in [0.5, 0.6) is 0 Å². The molecule has 0 aliphatic heterocycles. The first-order valence-electron chi connectivity index (χ1n) is 6.29. The summed E-state index contributed by atoms with van der Waals surface area (Å²) < 4.78 is 0. The number of nitrogens with one attached hydrogen (secondary N) is 1. The molecular weight excluding hydrogens is 270 g/mol. The van der Waals surface area contributed by atoms with Crippen LogP contribution in [-0.2, 0) is 6.42 Å². The number of aromatic carboxylic acids is 1. The van der Waals surface area contributed by atoms with Crippen molar-refractivity contribution in [3.63, 3.8) is 0 Å². The molecule has 0 amide bonds. The molecule has 0 spiro atoms. The number of nitrogens with zero attached hydrogens (tertiary/aromatic N) is 2. The lowest BCUT2D eigenvalue weighted by Crippen LogP contribution is -2.13.